The van der Waals surface area contributed by atoms with Crippen LogP contribution in [0.25, 0.3) is 0 Å². The Bertz CT molecular complexity index is 793. The minimum absolute atomic E-state index is 0. The van der Waals surface area contributed by atoms with E-state index in [1.807, 2.05) is 24.3 Å². The number of aliphatic imine (C=N–C) groups is 1. The molecule has 7 heteroatoms. The molecule has 0 atom stereocenters. The number of hydrogen-bond acceptors (Lipinski definition) is 3. The van der Waals surface area contributed by atoms with Gasteiger partial charge in [0, 0.05) is 25.7 Å². The zero-order valence-electron chi connectivity index (χ0n) is 15.9. The first-order valence-corrected chi connectivity index (χ1v) is 8.50. The van der Waals surface area contributed by atoms with Crippen LogP contribution in [-0.4, -0.2) is 32.6 Å². The van der Waals surface area contributed by atoms with Crippen molar-refractivity contribution in [3.63, 3.8) is 0 Å². The van der Waals surface area contributed by atoms with Gasteiger partial charge in [-0.05, 0) is 42.7 Å². The first-order chi connectivity index (χ1) is 12.5. The van der Waals surface area contributed by atoms with E-state index in [1.165, 1.54) is 5.56 Å². The molecule has 0 radical (unpaired) electrons. The summed E-state index contributed by atoms with van der Waals surface area (Å²) < 4.78 is 5.41. The molecule has 0 bridgehead atoms. The number of nitrogens with one attached hydrogen (secondary N) is 2. The molecule has 0 spiro atoms. The standard InChI is InChI=1S/C20H26N4O2.HI/c1-14-7-8-18(26-3)16(11-14)9-10-23-20(22-2)24-13-15-5-4-6-17(12-15)19(21)25;/h4-8,11-12H,9-10,13H2,1-3H3,(H2,21,25)(H2,22,23,24);1H. The maximum Gasteiger partial charge on any atom is 0.248 e. The third-order valence-corrected chi connectivity index (χ3v) is 4.02. The maximum atomic E-state index is 11.3. The van der Waals surface area contributed by atoms with Gasteiger partial charge in [0.2, 0.25) is 5.91 Å². The largest absolute Gasteiger partial charge is 0.496 e. The summed E-state index contributed by atoms with van der Waals surface area (Å²) in [6, 6.07) is 13.4. The molecule has 6 nitrogen and oxygen atoms in total. The molecule has 2 aromatic carbocycles. The molecule has 0 aliphatic rings. The van der Waals surface area contributed by atoms with Gasteiger partial charge in [0.25, 0.3) is 0 Å². The van der Waals surface area contributed by atoms with Crippen molar-refractivity contribution in [3.8, 4) is 5.75 Å². The monoisotopic (exact) mass is 482 g/mol. The van der Waals surface area contributed by atoms with Crippen LogP contribution in [0.3, 0.4) is 0 Å². The summed E-state index contributed by atoms with van der Waals surface area (Å²) in [6.07, 6.45) is 0.822. The van der Waals surface area contributed by atoms with Crippen molar-refractivity contribution in [2.75, 3.05) is 20.7 Å². The van der Waals surface area contributed by atoms with E-state index >= 15 is 0 Å². The molecule has 146 valence electrons. The highest BCUT2D eigenvalue weighted by Gasteiger charge is 2.05. The smallest absolute Gasteiger partial charge is 0.248 e. The van der Waals surface area contributed by atoms with Crippen LogP contribution in [0, 0.1) is 6.92 Å². The van der Waals surface area contributed by atoms with E-state index < -0.39 is 5.91 Å². The summed E-state index contributed by atoms with van der Waals surface area (Å²) >= 11 is 0. The number of primary amides is 1. The first kappa shape index (κ1) is 22.8. The number of hydrogen-bond donors (Lipinski definition) is 3. The molecule has 0 fully saturated rings. The Balaban J connectivity index is 0.00000364. The lowest BCUT2D eigenvalue weighted by Gasteiger charge is -2.14. The highest BCUT2D eigenvalue weighted by atomic mass is 127. The summed E-state index contributed by atoms with van der Waals surface area (Å²) in [5, 5.41) is 6.52. The van der Waals surface area contributed by atoms with Gasteiger partial charge in [-0.2, -0.15) is 0 Å². The number of methoxy groups -OCH3 is 1. The van der Waals surface area contributed by atoms with Gasteiger partial charge in [-0.25, -0.2) is 0 Å². The number of ether oxygens (including phenoxy) is 1. The molecule has 2 rings (SSSR count). The molecule has 0 aliphatic heterocycles. The number of amides is 1. The number of carbonyl (C=O) groups excluding carboxylic acids is 1. The van der Waals surface area contributed by atoms with Crippen LogP contribution in [0.4, 0.5) is 0 Å². The van der Waals surface area contributed by atoms with Crippen LogP contribution in [-0.2, 0) is 13.0 Å². The molecule has 0 saturated heterocycles. The molecule has 0 aliphatic carbocycles. The van der Waals surface area contributed by atoms with Gasteiger partial charge >= 0.3 is 0 Å². The van der Waals surface area contributed by atoms with Crippen molar-refractivity contribution < 1.29 is 9.53 Å². The summed E-state index contributed by atoms with van der Waals surface area (Å²) in [4.78, 5) is 15.5. The topological polar surface area (TPSA) is 88.7 Å². The molecular weight excluding hydrogens is 455 g/mol. The molecule has 4 N–H and O–H groups in total. The highest BCUT2D eigenvalue weighted by Crippen LogP contribution is 2.19. The number of halogens is 1. The van der Waals surface area contributed by atoms with Crippen molar-refractivity contribution in [2.45, 2.75) is 19.9 Å². The Hall–Kier alpha value is -2.29. The van der Waals surface area contributed by atoms with Crippen LogP contribution < -0.4 is 21.1 Å². The van der Waals surface area contributed by atoms with Crippen LogP contribution in [0.5, 0.6) is 5.75 Å². The van der Waals surface area contributed by atoms with Gasteiger partial charge in [0.05, 0.1) is 7.11 Å². The van der Waals surface area contributed by atoms with Gasteiger partial charge in [0.1, 0.15) is 5.75 Å². The Morgan fingerprint density at radius 1 is 1.19 bits per heavy atom. The van der Waals surface area contributed by atoms with Gasteiger partial charge < -0.3 is 21.1 Å². The third-order valence-electron chi connectivity index (χ3n) is 4.02. The quantitative estimate of drug-likeness (QED) is 0.322. The number of aryl methyl sites for hydroxylation is 1. The van der Waals surface area contributed by atoms with E-state index in [2.05, 4.69) is 28.6 Å². The van der Waals surface area contributed by atoms with Crippen molar-refractivity contribution in [1.29, 1.82) is 0 Å². The van der Waals surface area contributed by atoms with Crippen molar-refractivity contribution >= 4 is 35.8 Å². The Labute approximate surface area is 177 Å². The molecule has 27 heavy (non-hydrogen) atoms. The zero-order chi connectivity index (χ0) is 18.9. The number of guanidine groups is 1. The lowest BCUT2D eigenvalue weighted by molar-refractivity contribution is 0.1000. The van der Waals surface area contributed by atoms with E-state index in [9.17, 15) is 4.79 Å². The summed E-state index contributed by atoms with van der Waals surface area (Å²) in [6.45, 7) is 3.34. The number of rotatable bonds is 7. The highest BCUT2D eigenvalue weighted by molar-refractivity contribution is 14.0. The fraction of sp³-hybridized carbons (Fsp3) is 0.300. The average Bonchev–Trinajstić information content (AvgIpc) is 2.65. The van der Waals surface area contributed by atoms with Crippen LogP contribution in [0.2, 0.25) is 0 Å². The predicted molar refractivity (Wildman–Crippen MR) is 120 cm³/mol. The minimum atomic E-state index is -0.429. The van der Waals surface area contributed by atoms with Gasteiger partial charge in [-0.3, -0.25) is 9.79 Å². The van der Waals surface area contributed by atoms with Gasteiger partial charge in [0.15, 0.2) is 5.96 Å². The molecule has 0 unspecified atom stereocenters. The van der Waals surface area contributed by atoms with E-state index in [0.717, 1.165) is 29.8 Å². The Morgan fingerprint density at radius 2 is 1.96 bits per heavy atom. The lowest BCUT2D eigenvalue weighted by atomic mass is 10.1. The van der Waals surface area contributed by atoms with Crippen molar-refractivity contribution in [1.82, 2.24) is 10.6 Å². The fourth-order valence-corrected chi connectivity index (χ4v) is 2.66. The SMILES string of the molecule is CN=C(NCCc1cc(C)ccc1OC)NCc1cccc(C(N)=O)c1.I. The third kappa shape index (κ3) is 7.09. The first-order valence-electron chi connectivity index (χ1n) is 8.50. The lowest BCUT2D eigenvalue weighted by Crippen LogP contribution is -2.37. The second-order valence-electron chi connectivity index (χ2n) is 5.98. The van der Waals surface area contributed by atoms with Crippen LogP contribution in [0.1, 0.15) is 27.0 Å². The molecule has 2 aromatic rings. The normalized spacial score (nSPS) is 10.7. The van der Waals surface area contributed by atoms with Gasteiger partial charge in [-0.1, -0.05) is 29.8 Å². The van der Waals surface area contributed by atoms with Crippen molar-refractivity contribution in [2.24, 2.45) is 10.7 Å². The van der Waals surface area contributed by atoms with Crippen molar-refractivity contribution in [3.05, 3.63) is 64.7 Å². The molecule has 0 heterocycles. The second kappa shape index (κ2) is 11.4. The van der Waals surface area contributed by atoms with E-state index in [0.29, 0.717) is 18.1 Å². The molecular formula is C20H27IN4O2. The number of nitrogens with two attached hydrogens (primary N) is 1. The van der Waals surface area contributed by atoms with E-state index in [-0.39, 0.29) is 24.0 Å². The van der Waals surface area contributed by atoms with Gasteiger partial charge in [-0.15, -0.1) is 24.0 Å². The van der Waals surface area contributed by atoms with E-state index in [1.54, 1.807) is 26.3 Å². The maximum absolute atomic E-state index is 11.3. The molecule has 0 aromatic heterocycles. The number of carbonyl (C=O) groups is 1. The average molecular weight is 482 g/mol. The number of benzene rings is 2. The Morgan fingerprint density at radius 3 is 2.63 bits per heavy atom. The second-order valence-corrected chi connectivity index (χ2v) is 5.98. The molecule has 0 saturated carbocycles. The van der Waals surface area contributed by atoms with E-state index in [4.69, 9.17) is 10.5 Å². The fourth-order valence-electron chi connectivity index (χ4n) is 2.66. The predicted octanol–water partition coefficient (Wildman–Crippen LogP) is 2.63. The Kier molecular flexibility index (Phi) is 9.63. The summed E-state index contributed by atoms with van der Waals surface area (Å²) in [5.41, 5.74) is 9.14. The zero-order valence-corrected chi connectivity index (χ0v) is 18.2. The van der Waals surface area contributed by atoms with Crippen LogP contribution >= 0.6 is 24.0 Å². The molecule has 1 amide bonds. The minimum Gasteiger partial charge on any atom is -0.496 e. The summed E-state index contributed by atoms with van der Waals surface area (Å²) in [5.74, 6) is 1.16. The van der Waals surface area contributed by atoms with Crippen LogP contribution in [0.15, 0.2) is 47.5 Å². The number of nitrogens with zero attached hydrogens (tertiary/aromatic N) is 1. The summed E-state index contributed by atoms with van der Waals surface area (Å²) in [7, 11) is 3.41.